The first kappa shape index (κ1) is 16.2. The van der Waals surface area contributed by atoms with Crippen molar-refractivity contribution >= 4 is 15.9 Å². The van der Waals surface area contributed by atoms with E-state index in [2.05, 4.69) is 71.4 Å². The van der Waals surface area contributed by atoms with Crippen LogP contribution < -0.4 is 5.32 Å². The van der Waals surface area contributed by atoms with E-state index in [4.69, 9.17) is 0 Å². The zero-order valence-corrected chi connectivity index (χ0v) is 14.9. The van der Waals surface area contributed by atoms with Crippen LogP contribution >= 0.6 is 15.9 Å². The topological polar surface area (TPSA) is 29.9 Å². The minimum absolute atomic E-state index is 0.588. The highest BCUT2D eigenvalue weighted by Gasteiger charge is 2.11. The van der Waals surface area contributed by atoms with Gasteiger partial charge in [-0.1, -0.05) is 45.0 Å². The van der Waals surface area contributed by atoms with Crippen LogP contribution in [0.5, 0.6) is 0 Å². The van der Waals surface area contributed by atoms with Crippen molar-refractivity contribution in [3.8, 4) is 0 Å². The number of hydrogen-bond acceptors (Lipinski definition) is 2. The summed E-state index contributed by atoms with van der Waals surface area (Å²) in [7, 11) is 2.00. The summed E-state index contributed by atoms with van der Waals surface area (Å²) in [5.41, 5.74) is 5.02. The van der Waals surface area contributed by atoms with Crippen LogP contribution in [0.4, 0.5) is 0 Å². The summed E-state index contributed by atoms with van der Waals surface area (Å²) < 4.78 is 3.09. The fourth-order valence-corrected chi connectivity index (χ4v) is 3.11. The molecule has 0 radical (unpaired) electrons. The smallest absolute Gasteiger partial charge is 0.0767 e. The molecule has 0 amide bonds. The van der Waals surface area contributed by atoms with Crippen molar-refractivity contribution in [3.05, 3.63) is 51.3 Å². The normalized spacial score (nSPS) is 11.3. The summed E-state index contributed by atoms with van der Waals surface area (Å²) in [6.07, 6.45) is 0.949. The predicted octanol–water partition coefficient (Wildman–Crippen LogP) is 4.16. The molecule has 0 bridgehead atoms. The van der Waals surface area contributed by atoms with E-state index in [1.807, 2.05) is 11.7 Å². The number of aromatic nitrogens is 2. The Morgan fingerprint density at radius 2 is 1.86 bits per heavy atom. The maximum Gasteiger partial charge on any atom is 0.0767 e. The van der Waals surface area contributed by atoms with Gasteiger partial charge in [0, 0.05) is 20.1 Å². The van der Waals surface area contributed by atoms with E-state index in [1.54, 1.807) is 0 Å². The highest BCUT2D eigenvalue weighted by molar-refractivity contribution is 9.10. The summed E-state index contributed by atoms with van der Waals surface area (Å²) in [4.78, 5) is 0. The highest BCUT2D eigenvalue weighted by Crippen LogP contribution is 2.21. The van der Waals surface area contributed by atoms with Gasteiger partial charge in [0.25, 0.3) is 0 Å². The number of nitrogens with one attached hydrogen (secondary N) is 1. The molecule has 3 nitrogen and oxygen atoms in total. The Morgan fingerprint density at radius 1 is 1.19 bits per heavy atom. The van der Waals surface area contributed by atoms with E-state index in [0.29, 0.717) is 5.92 Å². The molecule has 1 N–H and O–H groups in total. The zero-order chi connectivity index (χ0) is 15.4. The van der Waals surface area contributed by atoms with Crippen molar-refractivity contribution < 1.29 is 0 Å². The van der Waals surface area contributed by atoms with Gasteiger partial charge in [-0.3, -0.25) is 4.68 Å². The average Bonchev–Trinajstić information content (AvgIpc) is 2.75. The average molecular weight is 350 g/mol. The first-order valence-corrected chi connectivity index (χ1v) is 8.32. The summed E-state index contributed by atoms with van der Waals surface area (Å²) in [5.74, 6) is 0.588. The Balaban J connectivity index is 1.94. The van der Waals surface area contributed by atoms with Crippen LogP contribution in [-0.4, -0.2) is 9.78 Å². The van der Waals surface area contributed by atoms with Crippen molar-refractivity contribution in [1.29, 1.82) is 0 Å². The maximum atomic E-state index is 4.52. The molecular weight excluding hydrogens is 326 g/mol. The minimum atomic E-state index is 0.588. The van der Waals surface area contributed by atoms with Crippen LogP contribution in [0.2, 0.25) is 0 Å². The number of rotatable bonds is 6. The third-order valence-electron chi connectivity index (χ3n) is 3.77. The fourth-order valence-electron chi connectivity index (χ4n) is 2.36. The Bertz CT molecular complexity index is 585. The first-order valence-electron chi connectivity index (χ1n) is 7.52. The molecule has 114 valence electrons. The fraction of sp³-hybridized carbons (Fsp3) is 0.471. The van der Waals surface area contributed by atoms with Crippen molar-refractivity contribution in [1.82, 2.24) is 15.1 Å². The van der Waals surface area contributed by atoms with Crippen molar-refractivity contribution in [2.75, 3.05) is 0 Å². The number of nitrogens with zero attached hydrogens (tertiary/aromatic N) is 2. The first-order chi connectivity index (χ1) is 10.0. The standard InChI is InChI=1S/C17H24BrN3/c1-5-15-17(18)16(21(4)20-15)11-19-10-13-6-8-14(9-7-13)12(2)3/h6-9,12,19H,5,10-11H2,1-4H3. The molecular formula is C17H24BrN3. The molecule has 0 atom stereocenters. The highest BCUT2D eigenvalue weighted by atomic mass is 79.9. The van der Waals surface area contributed by atoms with Gasteiger partial charge in [0.1, 0.15) is 0 Å². The molecule has 0 unspecified atom stereocenters. The minimum Gasteiger partial charge on any atom is -0.307 e. The van der Waals surface area contributed by atoms with E-state index in [0.717, 1.165) is 29.7 Å². The van der Waals surface area contributed by atoms with Crippen LogP contribution in [0.1, 0.15) is 49.2 Å². The summed E-state index contributed by atoms with van der Waals surface area (Å²) in [6, 6.07) is 8.85. The van der Waals surface area contributed by atoms with Crippen molar-refractivity contribution in [2.24, 2.45) is 7.05 Å². The van der Waals surface area contributed by atoms with Gasteiger partial charge in [-0.25, -0.2) is 0 Å². The lowest BCUT2D eigenvalue weighted by Gasteiger charge is -2.09. The van der Waals surface area contributed by atoms with Gasteiger partial charge in [-0.2, -0.15) is 5.10 Å². The van der Waals surface area contributed by atoms with E-state index in [9.17, 15) is 0 Å². The molecule has 0 aliphatic rings. The molecule has 0 fully saturated rings. The Kier molecular flexibility index (Phi) is 5.59. The lowest BCUT2D eigenvalue weighted by atomic mass is 10.0. The monoisotopic (exact) mass is 349 g/mol. The number of halogens is 1. The molecule has 0 saturated heterocycles. The second-order valence-electron chi connectivity index (χ2n) is 5.68. The predicted molar refractivity (Wildman–Crippen MR) is 91.4 cm³/mol. The molecule has 1 aromatic heterocycles. The quantitative estimate of drug-likeness (QED) is 0.848. The third kappa shape index (κ3) is 3.95. The molecule has 2 aromatic rings. The molecule has 21 heavy (non-hydrogen) atoms. The third-order valence-corrected chi connectivity index (χ3v) is 4.69. The number of hydrogen-bond donors (Lipinski definition) is 1. The van der Waals surface area contributed by atoms with Gasteiger partial charge in [-0.05, 0) is 39.4 Å². The van der Waals surface area contributed by atoms with Gasteiger partial charge >= 0.3 is 0 Å². The Morgan fingerprint density at radius 3 is 2.38 bits per heavy atom. The SMILES string of the molecule is CCc1nn(C)c(CNCc2ccc(C(C)C)cc2)c1Br. The van der Waals surface area contributed by atoms with E-state index < -0.39 is 0 Å². The van der Waals surface area contributed by atoms with Crippen LogP contribution in [0.3, 0.4) is 0 Å². The lowest BCUT2D eigenvalue weighted by molar-refractivity contribution is 0.622. The van der Waals surface area contributed by atoms with Crippen LogP contribution in [-0.2, 0) is 26.6 Å². The second-order valence-corrected chi connectivity index (χ2v) is 6.48. The summed E-state index contributed by atoms with van der Waals surface area (Å²) >= 11 is 3.65. The number of aryl methyl sites for hydroxylation is 2. The largest absolute Gasteiger partial charge is 0.307 e. The van der Waals surface area contributed by atoms with E-state index in [1.165, 1.54) is 16.8 Å². The molecule has 1 aromatic carbocycles. The molecule has 0 spiro atoms. The summed E-state index contributed by atoms with van der Waals surface area (Å²) in [6.45, 7) is 8.26. The van der Waals surface area contributed by atoms with Gasteiger partial charge < -0.3 is 5.32 Å². The van der Waals surface area contributed by atoms with Crippen LogP contribution in [0, 0.1) is 0 Å². The van der Waals surface area contributed by atoms with Gasteiger partial charge in [0.05, 0.1) is 15.9 Å². The molecule has 1 heterocycles. The lowest BCUT2D eigenvalue weighted by Crippen LogP contribution is -2.15. The molecule has 0 aliphatic carbocycles. The Labute approximate surface area is 135 Å². The Hall–Kier alpha value is -1.13. The van der Waals surface area contributed by atoms with E-state index >= 15 is 0 Å². The van der Waals surface area contributed by atoms with Crippen LogP contribution in [0.15, 0.2) is 28.7 Å². The molecule has 0 saturated carbocycles. The van der Waals surface area contributed by atoms with Crippen molar-refractivity contribution in [3.63, 3.8) is 0 Å². The number of benzene rings is 1. The second kappa shape index (κ2) is 7.23. The molecule has 2 rings (SSSR count). The molecule has 4 heteroatoms. The van der Waals surface area contributed by atoms with Crippen molar-refractivity contribution in [2.45, 2.75) is 46.2 Å². The van der Waals surface area contributed by atoms with Gasteiger partial charge in [0.2, 0.25) is 0 Å². The van der Waals surface area contributed by atoms with E-state index in [-0.39, 0.29) is 0 Å². The zero-order valence-electron chi connectivity index (χ0n) is 13.3. The summed E-state index contributed by atoms with van der Waals surface area (Å²) in [5, 5.41) is 8.01. The van der Waals surface area contributed by atoms with Gasteiger partial charge in [-0.15, -0.1) is 0 Å². The van der Waals surface area contributed by atoms with Crippen LogP contribution in [0.25, 0.3) is 0 Å². The molecule has 0 aliphatic heterocycles. The maximum absolute atomic E-state index is 4.52. The van der Waals surface area contributed by atoms with Gasteiger partial charge in [0.15, 0.2) is 0 Å².